The molecule has 2 N–H and O–H groups in total. The lowest BCUT2D eigenvalue weighted by Crippen LogP contribution is -2.49. The standard InChI is InChI=1S/C19H27N3O2/c1-13-6-5-7-14(2)22(13)18(23)12-20-17-9-4-3-8-16(17)19(24)21-15-10-11-15/h3-4,8-9,13-15,20H,5-7,10-12H2,1-2H3,(H,21,24)/t13-,14-/m1/s1. The van der Waals surface area contributed by atoms with Gasteiger partial charge in [-0.15, -0.1) is 0 Å². The molecule has 5 nitrogen and oxygen atoms in total. The van der Waals surface area contributed by atoms with Gasteiger partial charge in [-0.05, 0) is 58.1 Å². The summed E-state index contributed by atoms with van der Waals surface area (Å²) in [4.78, 5) is 26.9. The Bertz CT molecular complexity index is 602. The van der Waals surface area contributed by atoms with Gasteiger partial charge >= 0.3 is 0 Å². The summed E-state index contributed by atoms with van der Waals surface area (Å²) in [5.74, 6) is 0.0415. The van der Waals surface area contributed by atoms with E-state index in [0.717, 1.165) is 31.4 Å². The van der Waals surface area contributed by atoms with Crippen molar-refractivity contribution in [3.63, 3.8) is 0 Å². The Morgan fingerprint density at radius 1 is 1.08 bits per heavy atom. The van der Waals surface area contributed by atoms with E-state index in [1.54, 1.807) is 6.07 Å². The Balaban J connectivity index is 1.63. The lowest BCUT2D eigenvalue weighted by Gasteiger charge is -2.39. The third-order valence-electron chi connectivity index (χ3n) is 5.00. The summed E-state index contributed by atoms with van der Waals surface area (Å²) in [5, 5.41) is 6.18. The van der Waals surface area contributed by atoms with Crippen LogP contribution in [-0.2, 0) is 4.79 Å². The molecule has 2 atom stereocenters. The van der Waals surface area contributed by atoms with Crippen molar-refractivity contribution in [2.75, 3.05) is 11.9 Å². The molecular formula is C19H27N3O2. The second-order valence-corrected chi connectivity index (χ2v) is 7.08. The van der Waals surface area contributed by atoms with E-state index >= 15 is 0 Å². The van der Waals surface area contributed by atoms with Crippen LogP contribution in [0.5, 0.6) is 0 Å². The lowest BCUT2D eigenvalue weighted by atomic mass is 9.97. The molecule has 1 aliphatic carbocycles. The van der Waals surface area contributed by atoms with Crippen LogP contribution in [0, 0.1) is 0 Å². The molecule has 1 aliphatic heterocycles. The number of nitrogens with one attached hydrogen (secondary N) is 2. The maximum atomic E-state index is 12.6. The van der Waals surface area contributed by atoms with Crippen LogP contribution in [0.4, 0.5) is 5.69 Å². The van der Waals surface area contributed by atoms with Crippen LogP contribution < -0.4 is 10.6 Å². The zero-order valence-corrected chi connectivity index (χ0v) is 14.5. The number of rotatable bonds is 5. The van der Waals surface area contributed by atoms with Crippen LogP contribution >= 0.6 is 0 Å². The van der Waals surface area contributed by atoms with Crippen LogP contribution in [-0.4, -0.2) is 41.4 Å². The van der Waals surface area contributed by atoms with E-state index in [1.165, 1.54) is 6.42 Å². The molecule has 0 spiro atoms. The molecule has 0 bridgehead atoms. The van der Waals surface area contributed by atoms with Crippen LogP contribution in [0.3, 0.4) is 0 Å². The summed E-state index contributed by atoms with van der Waals surface area (Å²) in [6.45, 7) is 4.46. The number of piperidine rings is 1. The minimum Gasteiger partial charge on any atom is -0.376 e. The summed E-state index contributed by atoms with van der Waals surface area (Å²) < 4.78 is 0. The molecule has 2 amide bonds. The topological polar surface area (TPSA) is 61.4 Å². The van der Waals surface area contributed by atoms with Crippen molar-refractivity contribution in [2.24, 2.45) is 0 Å². The van der Waals surface area contributed by atoms with Crippen molar-refractivity contribution in [1.29, 1.82) is 0 Å². The lowest BCUT2D eigenvalue weighted by molar-refractivity contribution is -0.135. The van der Waals surface area contributed by atoms with Crippen molar-refractivity contribution in [3.05, 3.63) is 29.8 Å². The third-order valence-corrected chi connectivity index (χ3v) is 5.00. The van der Waals surface area contributed by atoms with Gasteiger partial charge in [-0.3, -0.25) is 9.59 Å². The van der Waals surface area contributed by atoms with Crippen LogP contribution in [0.15, 0.2) is 24.3 Å². The number of nitrogens with zero attached hydrogens (tertiary/aromatic N) is 1. The number of likely N-dealkylation sites (tertiary alicyclic amines) is 1. The smallest absolute Gasteiger partial charge is 0.253 e. The molecular weight excluding hydrogens is 302 g/mol. The maximum Gasteiger partial charge on any atom is 0.253 e. The second-order valence-electron chi connectivity index (χ2n) is 7.08. The zero-order chi connectivity index (χ0) is 17.1. The van der Waals surface area contributed by atoms with Crippen LogP contribution in [0.2, 0.25) is 0 Å². The van der Waals surface area contributed by atoms with Crippen LogP contribution in [0.1, 0.15) is 56.3 Å². The highest BCUT2D eigenvalue weighted by molar-refractivity contribution is 6.00. The van der Waals surface area contributed by atoms with Gasteiger partial charge in [-0.25, -0.2) is 0 Å². The van der Waals surface area contributed by atoms with Crippen molar-refractivity contribution < 1.29 is 9.59 Å². The first-order valence-corrected chi connectivity index (χ1v) is 9.01. The molecule has 24 heavy (non-hydrogen) atoms. The van der Waals surface area contributed by atoms with Gasteiger partial charge in [-0.2, -0.15) is 0 Å². The molecule has 1 saturated heterocycles. The molecule has 0 radical (unpaired) electrons. The van der Waals surface area contributed by atoms with Crippen molar-refractivity contribution in [3.8, 4) is 0 Å². The van der Waals surface area contributed by atoms with E-state index < -0.39 is 0 Å². The van der Waals surface area contributed by atoms with E-state index in [9.17, 15) is 9.59 Å². The number of benzene rings is 1. The monoisotopic (exact) mass is 329 g/mol. The summed E-state index contributed by atoms with van der Waals surface area (Å²) in [6.07, 6.45) is 5.44. The number of para-hydroxylation sites is 1. The minimum absolute atomic E-state index is 0.0623. The van der Waals surface area contributed by atoms with Crippen molar-refractivity contribution >= 4 is 17.5 Å². The van der Waals surface area contributed by atoms with Gasteiger partial charge in [0.2, 0.25) is 5.91 Å². The van der Waals surface area contributed by atoms with Crippen molar-refractivity contribution in [1.82, 2.24) is 10.2 Å². The summed E-state index contributed by atoms with van der Waals surface area (Å²) in [5.41, 5.74) is 1.33. The van der Waals surface area contributed by atoms with Gasteiger partial charge in [0.1, 0.15) is 0 Å². The SMILES string of the molecule is C[C@@H]1CCC[C@@H](C)N1C(=O)CNc1ccccc1C(=O)NC1CC1. The molecule has 1 heterocycles. The number of carbonyl (C=O) groups excluding carboxylic acids is 2. The third kappa shape index (κ3) is 3.89. The maximum absolute atomic E-state index is 12.6. The Labute approximate surface area is 143 Å². The fourth-order valence-electron chi connectivity index (χ4n) is 3.50. The summed E-state index contributed by atoms with van der Waals surface area (Å²) in [6, 6.07) is 8.29. The first-order valence-electron chi connectivity index (χ1n) is 9.01. The summed E-state index contributed by atoms with van der Waals surface area (Å²) >= 11 is 0. The van der Waals surface area contributed by atoms with Gasteiger partial charge in [0.15, 0.2) is 0 Å². The fraction of sp³-hybridized carbons (Fsp3) is 0.579. The first kappa shape index (κ1) is 16.8. The number of anilines is 1. The average Bonchev–Trinajstić information content (AvgIpc) is 3.37. The molecule has 1 aromatic carbocycles. The van der Waals surface area contributed by atoms with Crippen LogP contribution in [0.25, 0.3) is 0 Å². The number of hydrogen-bond acceptors (Lipinski definition) is 3. The Hall–Kier alpha value is -2.04. The highest BCUT2D eigenvalue weighted by Gasteiger charge is 2.29. The quantitative estimate of drug-likeness (QED) is 0.873. The average molecular weight is 329 g/mol. The van der Waals surface area contributed by atoms with E-state index in [1.807, 2.05) is 23.1 Å². The molecule has 130 valence electrons. The van der Waals surface area contributed by atoms with Gasteiger partial charge < -0.3 is 15.5 Å². The van der Waals surface area contributed by atoms with E-state index in [4.69, 9.17) is 0 Å². The molecule has 0 unspecified atom stereocenters. The molecule has 5 heteroatoms. The summed E-state index contributed by atoms with van der Waals surface area (Å²) in [7, 11) is 0. The van der Waals surface area contributed by atoms with E-state index in [0.29, 0.717) is 11.6 Å². The number of amides is 2. The van der Waals surface area contributed by atoms with E-state index in [2.05, 4.69) is 24.5 Å². The van der Waals surface area contributed by atoms with Crippen molar-refractivity contribution in [2.45, 2.75) is 64.1 Å². The number of carbonyl (C=O) groups is 2. The molecule has 3 rings (SSSR count). The highest BCUT2D eigenvalue weighted by Crippen LogP contribution is 2.24. The largest absolute Gasteiger partial charge is 0.376 e. The van der Waals surface area contributed by atoms with Gasteiger partial charge in [0.05, 0.1) is 12.1 Å². The highest BCUT2D eigenvalue weighted by atomic mass is 16.2. The van der Waals surface area contributed by atoms with E-state index in [-0.39, 0.29) is 30.4 Å². The molecule has 0 aromatic heterocycles. The molecule has 2 fully saturated rings. The normalized spacial score (nSPS) is 23.7. The Morgan fingerprint density at radius 3 is 2.42 bits per heavy atom. The second kappa shape index (κ2) is 7.24. The molecule has 1 saturated carbocycles. The first-order chi connectivity index (χ1) is 11.6. The van der Waals surface area contributed by atoms with Gasteiger partial charge in [0, 0.05) is 23.8 Å². The Morgan fingerprint density at radius 2 is 1.75 bits per heavy atom. The molecule has 1 aromatic rings. The molecule has 2 aliphatic rings. The van der Waals surface area contributed by atoms with Gasteiger partial charge in [-0.1, -0.05) is 12.1 Å². The Kier molecular flexibility index (Phi) is 5.07. The predicted octanol–water partition coefficient (Wildman–Crippen LogP) is 2.78. The number of hydrogen-bond donors (Lipinski definition) is 2. The zero-order valence-electron chi connectivity index (χ0n) is 14.5. The fourth-order valence-corrected chi connectivity index (χ4v) is 3.50. The minimum atomic E-state index is -0.0623. The predicted molar refractivity (Wildman–Crippen MR) is 95.0 cm³/mol. The van der Waals surface area contributed by atoms with Gasteiger partial charge in [0.25, 0.3) is 5.91 Å².